The lowest BCUT2D eigenvalue weighted by atomic mass is 10.1. The van der Waals surface area contributed by atoms with E-state index in [0.717, 1.165) is 0 Å². The van der Waals surface area contributed by atoms with Crippen LogP contribution in [0.25, 0.3) is 0 Å². The van der Waals surface area contributed by atoms with Crippen LogP contribution in [0.15, 0.2) is 18.2 Å². The monoisotopic (exact) mass is 291 g/mol. The molecule has 5 heteroatoms. The second kappa shape index (κ2) is 7.21. The van der Waals surface area contributed by atoms with Gasteiger partial charge < -0.3 is 14.7 Å². The fraction of sp³-hybridized carbons (Fsp3) is 0.438. The fourth-order valence-corrected chi connectivity index (χ4v) is 2.15. The fourth-order valence-electron chi connectivity index (χ4n) is 2.15. The molecule has 1 saturated heterocycles. The maximum Gasteiger partial charge on any atom is 0.254 e. The van der Waals surface area contributed by atoms with Gasteiger partial charge >= 0.3 is 0 Å². The molecule has 1 N–H and O–H groups in total. The second-order valence-electron chi connectivity index (χ2n) is 4.90. The number of nitrogens with zero attached hydrogens (tertiary/aromatic N) is 1. The van der Waals surface area contributed by atoms with Crippen molar-refractivity contribution in [3.05, 3.63) is 35.1 Å². The first-order valence-electron chi connectivity index (χ1n) is 6.92. The van der Waals surface area contributed by atoms with Gasteiger partial charge in [-0.1, -0.05) is 11.8 Å². The summed E-state index contributed by atoms with van der Waals surface area (Å²) >= 11 is 0. The summed E-state index contributed by atoms with van der Waals surface area (Å²) in [6.07, 6.45) is 0.294. The van der Waals surface area contributed by atoms with Crippen molar-refractivity contribution in [1.82, 2.24) is 4.90 Å². The summed E-state index contributed by atoms with van der Waals surface area (Å²) in [5.74, 6) is 4.58. The highest BCUT2D eigenvalue weighted by atomic mass is 19.1. The molecule has 0 radical (unpaired) electrons. The summed E-state index contributed by atoms with van der Waals surface area (Å²) in [6, 6.07) is 4.29. The Balaban J connectivity index is 2.12. The number of halogens is 1. The minimum absolute atomic E-state index is 0.00355. The number of amides is 1. The lowest BCUT2D eigenvalue weighted by molar-refractivity contribution is -0.0124. The molecule has 1 atom stereocenters. The molecule has 112 valence electrons. The first-order chi connectivity index (χ1) is 10.1. The van der Waals surface area contributed by atoms with Crippen LogP contribution < -0.4 is 0 Å². The quantitative estimate of drug-likeness (QED) is 0.838. The minimum atomic E-state index is -0.521. The normalized spacial score (nSPS) is 18.0. The third kappa shape index (κ3) is 4.03. The molecule has 0 aromatic heterocycles. The molecule has 1 unspecified atom stereocenters. The van der Waals surface area contributed by atoms with Gasteiger partial charge in [-0.2, -0.15) is 0 Å². The number of benzene rings is 1. The third-order valence-corrected chi connectivity index (χ3v) is 3.20. The van der Waals surface area contributed by atoms with Crippen molar-refractivity contribution in [1.29, 1.82) is 0 Å². The van der Waals surface area contributed by atoms with Crippen molar-refractivity contribution in [2.75, 3.05) is 26.3 Å². The average molecular weight is 291 g/mol. The zero-order valence-corrected chi connectivity index (χ0v) is 11.9. The Morgan fingerprint density at radius 3 is 3.05 bits per heavy atom. The molecule has 1 fully saturated rings. The predicted octanol–water partition coefficient (Wildman–Crippen LogP) is 1.42. The summed E-state index contributed by atoms with van der Waals surface area (Å²) in [4.78, 5) is 14.0. The van der Waals surface area contributed by atoms with Crippen LogP contribution in [0.5, 0.6) is 0 Å². The zero-order chi connectivity index (χ0) is 15.2. The summed E-state index contributed by atoms with van der Waals surface area (Å²) in [5.41, 5.74) is 0.546. The van der Waals surface area contributed by atoms with Crippen molar-refractivity contribution in [3.63, 3.8) is 0 Å². The van der Waals surface area contributed by atoms with Crippen LogP contribution in [0, 0.1) is 17.7 Å². The lowest BCUT2D eigenvalue weighted by Crippen LogP contribution is -2.44. The maximum atomic E-state index is 13.9. The van der Waals surface area contributed by atoms with E-state index in [4.69, 9.17) is 9.84 Å². The molecule has 1 aromatic carbocycles. The van der Waals surface area contributed by atoms with Gasteiger partial charge in [0, 0.05) is 25.1 Å². The molecule has 1 aromatic rings. The molecule has 1 amide bonds. The number of carbonyl (C=O) groups excluding carboxylic acids is 1. The van der Waals surface area contributed by atoms with Gasteiger partial charge in [0.15, 0.2) is 0 Å². The summed E-state index contributed by atoms with van der Waals surface area (Å²) < 4.78 is 19.3. The van der Waals surface area contributed by atoms with Gasteiger partial charge in [0.25, 0.3) is 5.91 Å². The predicted molar refractivity (Wildman–Crippen MR) is 76.3 cm³/mol. The van der Waals surface area contributed by atoms with E-state index in [1.165, 1.54) is 12.1 Å². The molecule has 1 heterocycles. The van der Waals surface area contributed by atoms with Crippen LogP contribution >= 0.6 is 0 Å². The number of carbonyl (C=O) groups is 1. The molecule has 0 saturated carbocycles. The van der Waals surface area contributed by atoms with Gasteiger partial charge in [-0.25, -0.2) is 4.39 Å². The van der Waals surface area contributed by atoms with Gasteiger partial charge in [-0.15, -0.1) is 0 Å². The molecule has 0 aliphatic carbocycles. The minimum Gasteiger partial charge on any atom is -0.395 e. The number of morpholine rings is 1. The highest BCUT2D eigenvalue weighted by molar-refractivity contribution is 5.94. The highest BCUT2D eigenvalue weighted by Gasteiger charge is 2.22. The number of aliphatic hydroxyl groups is 1. The van der Waals surface area contributed by atoms with Gasteiger partial charge in [-0.3, -0.25) is 4.79 Å². The van der Waals surface area contributed by atoms with E-state index in [1.54, 1.807) is 11.0 Å². The number of ether oxygens (including phenoxy) is 1. The molecule has 1 aliphatic heterocycles. The SMILES string of the molecule is CC1CN(C(=O)c2ccc(C#CCCO)c(F)c2)CCO1. The first kappa shape index (κ1) is 15.5. The zero-order valence-electron chi connectivity index (χ0n) is 11.9. The smallest absolute Gasteiger partial charge is 0.254 e. The molecular formula is C16H18FNO3. The van der Waals surface area contributed by atoms with Crippen LogP contribution in [0.2, 0.25) is 0 Å². The van der Waals surface area contributed by atoms with Crippen LogP contribution in [0.4, 0.5) is 4.39 Å². The topological polar surface area (TPSA) is 49.8 Å². The van der Waals surface area contributed by atoms with Gasteiger partial charge in [0.1, 0.15) is 5.82 Å². The van der Waals surface area contributed by atoms with Crippen LogP contribution in [-0.2, 0) is 4.74 Å². The van der Waals surface area contributed by atoms with Gasteiger partial charge in [0.2, 0.25) is 0 Å². The Morgan fingerprint density at radius 1 is 1.57 bits per heavy atom. The Morgan fingerprint density at radius 2 is 2.38 bits per heavy atom. The summed E-state index contributed by atoms with van der Waals surface area (Å²) in [5, 5.41) is 8.64. The Kier molecular flexibility index (Phi) is 5.32. The third-order valence-electron chi connectivity index (χ3n) is 3.20. The maximum absolute atomic E-state index is 13.9. The number of hydrogen-bond donors (Lipinski definition) is 1. The number of rotatable bonds is 2. The standard InChI is InChI=1S/C16H18FNO3/c1-12-11-18(7-9-21-12)16(20)14-6-5-13(15(17)10-14)4-2-3-8-19/h5-6,10,12,19H,3,7-9,11H2,1H3. The van der Waals surface area contributed by atoms with Crippen LogP contribution in [-0.4, -0.2) is 48.3 Å². The number of hydrogen-bond acceptors (Lipinski definition) is 3. The first-order valence-corrected chi connectivity index (χ1v) is 6.92. The van der Waals surface area contributed by atoms with Gasteiger partial charge in [-0.05, 0) is 25.1 Å². The van der Waals surface area contributed by atoms with Crippen LogP contribution in [0.1, 0.15) is 29.3 Å². The van der Waals surface area contributed by atoms with Crippen molar-refractivity contribution < 1.29 is 19.0 Å². The van der Waals surface area contributed by atoms with Crippen LogP contribution in [0.3, 0.4) is 0 Å². The summed E-state index contributed by atoms with van der Waals surface area (Å²) in [7, 11) is 0. The summed E-state index contributed by atoms with van der Waals surface area (Å²) in [6.45, 7) is 3.38. The molecule has 1 aliphatic rings. The van der Waals surface area contributed by atoms with E-state index < -0.39 is 5.82 Å². The van der Waals surface area contributed by atoms with E-state index in [-0.39, 0.29) is 24.2 Å². The molecule has 2 rings (SSSR count). The van der Waals surface area contributed by atoms with E-state index in [0.29, 0.717) is 31.7 Å². The van der Waals surface area contributed by atoms with E-state index >= 15 is 0 Å². The van der Waals surface area contributed by atoms with Crippen molar-refractivity contribution in [3.8, 4) is 11.8 Å². The molecule has 21 heavy (non-hydrogen) atoms. The lowest BCUT2D eigenvalue weighted by Gasteiger charge is -2.31. The van der Waals surface area contributed by atoms with E-state index in [9.17, 15) is 9.18 Å². The van der Waals surface area contributed by atoms with Crippen molar-refractivity contribution in [2.24, 2.45) is 0 Å². The van der Waals surface area contributed by atoms with E-state index in [2.05, 4.69) is 11.8 Å². The Labute approximate surface area is 123 Å². The molecular weight excluding hydrogens is 273 g/mol. The van der Waals surface area contributed by atoms with Crippen molar-refractivity contribution >= 4 is 5.91 Å². The molecule has 0 spiro atoms. The van der Waals surface area contributed by atoms with Crippen molar-refractivity contribution in [2.45, 2.75) is 19.4 Å². The number of aliphatic hydroxyl groups excluding tert-OH is 1. The van der Waals surface area contributed by atoms with E-state index in [1.807, 2.05) is 6.92 Å². The second-order valence-corrected chi connectivity index (χ2v) is 4.90. The molecule has 0 bridgehead atoms. The Bertz CT molecular complexity index is 577. The largest absolute Gasteiger partial charge is 0.395 e. The Hall–Kier alpha value is -1.90. The highest BCUT2D eigenvalue weighted by Crippen LogP contribution is 2.14. The average Bonchev–Trinajstić information content (AvgIpc) is 2.48. The molecule has 4 nitrogen and oxygen atoms in total. The van der Waals surface area contributed by atoms with Gasteiger partial charge in [0.05, 0.1) is 24.9 Å².